The highest BCUT2D eigenvalue weighted by atomic mass is 16.5. The van der Waals surface area contributed by atoms with E-state index in [1.807, 2.05) is 13.8 Å². The third-order valence-electron chi connectivity index (χ3n) is 8.60. The lowest BCUT2D eigenvalue weighted by Crippen LogP contribution is -2.52. The summed E-state index contributed by atoms with van der Waals surface area (Å²) in [6, 6.07) is 4.64. The lowest BCUT2D eigenvalue weighted by Gasteiger charge is -2.38. The van der Waals surface area contributed by atoms with Gasteiger partial charge in [-0.05, 0) is 50.8 Å². The van der Waals surface area contributed by atoms with Crippen LogP contribution in [0.15, 0.2) is 18.2 Å². The molecular formula is C30H47N5O5. The maximum Gasteiger partial charge on any atom is 0.319 e. The Bertz CT molecular complexity index is 1020. The Kier molecular flexibility index (Phi) is 10.5. The van der Waals surface area contributed by atoms with Crippen molar-refractivity contribution in [3.63, 3.8) is 0 Å². The smallest absolute Gasteiger partial charge is 0.319 e. The molecule has 0 aromatic heterocycles. The van der Waals surface area contributed by atoms with Gasteiger partial charge in [-0.3, -0.25) is 4.79 Å². The Morgan fingerprint density at radius 1 is 1.05 bits per heavy atom. The van der Waals surface area contributed by atoms with Crippen LogP contribution in [0.3, 0.4) is 0 Å². The Labute approximate surface area is 238 Å². The number of carbonyl (C=O) groups excluding carboxylic acids is 3. The number of fused-ring (bicyclic) bond motifs is 1. The summed E-state index contributed by atoms with van der Waals surface area (Å²) in [6.07, 6.45) is 10.5. The van der Waals surface area contributed by atoms with Gasteiger partial charge in [-0.15, -0.1) is 0 Å². The Balaban J connectivity index is 1.50. The molecule has 4 rings (SSSR count). The van der Waals surface area contributed by atoms with E-state index in [0.29, 0.717) is 30.1 Å². The van der Waals surface area contributed by atoms with Gasteiger partial charge < -0.3 is 35.6 Å². The van der Waals surface area contributed by atoms with E-state index < -0.39 is 6.04 Å². The van der Waals surface area contributed by atoms with E-state index in [4.69, 9.17) is 4.74 Å². The Hall–Kier alpha value is -3.01. The zero-order valence-electron chi connectivity index (χ0n) is 24.3. The van der Waals surface area contributed by atoms with Gasteiger partial charge in [-0.2, -0.15) is 0 Å². The van der Waals surface area contributed by atoms with Crippen LogP contribution >= 0.6 is 0 Å². The second-order valence-electron chi connectivity index (χ2n) is 11.9. The number of hydrogen-bond acceptors (Lipinski definition) is 5. The number of rotatable bonds is 7. The van der Waals surface area contributed by atoms with Crippen molar-refractivity contribution in [3.8, 4) is 5.75 Å². The zero-order chi connectivity index (χ0) is 28.6. The minimum absolute atomic E-state index is 0.102. The van der Waals surface area contributed by atoms with Gasteiger partial charge in [-0.25, -0.2) is 9.59 Å². The maximum atomic E-state index is 13.7. The topological polar surface area (TPSA) is 123 Å². The van der Waals surface area contributed by atoms with Gasteiger partial charge in [0.25, 0.3) is 5.91 Å². The number of likely N-dealkylation sites (N-methyl/N-ethyl adjacent to an activating group) is 1. The number of hydrogen-bond donors (Lipinski definition) is 4. The highest BCUT2D eigenvalue weighted by Gasteiger charge is 2.34. The van der Waals surface area contributed by atoms with E-state index >= 15 is 0 Å². The predicted octanol–water partition coefficient (Wildman–Crippen LogP) is 4.34. The molecule has 0 bridgehead atoms. The summed E-state index contributed by atoms with van der Waals surface area (Å²) in [6.45, 7) is 4.34. The van der Waals surface area contributed by atoms with Crippen molar-refractivity contribution in [1.82, 2.24) is 20.4 Å². The second-order valence-corrected chi connectivity index (χ2v) is 11.9. The van der Waals surface area contributed by atoms with Gasteiger partial charge in [0, 0.05) is 37.3 Å². The van der Waals surface area contributed by atoms with E-state index in [0.717, 1.165) is 51.4 Å². The molecule has 5 amide bonds. The van der Waals surface area contributed by atoms with Gasteiger partial charge >= 0.3 is 12.1 Å². The third-order valence-corrected chi connectivity index (χ3v) is 8.60. The van der Waals surface area contributed by atoms with Gasteiger partial charge in [0.15, 0.2) is 0 Å². The summed E-state index contributed by atoms with van der Waals surface area (Å²) in [5.74, 6) is 0.0349. The van der Waals surface area contributed by atoms with Crippen LogP contribution in [0.4, 0.5) is 15.3 Å². The van der Waals surface area contributed by atoms with Gasteiger partial charge in [-0.1, -0.05) is 45.4 Å². The molecule has 3 atom stereocenters. The summed E-state index contributed by atoms with van der Waals surface area (Å²) in [5, 5.41) is 19.0. The van der Waals surface area contributed by atoms with Crippen molar-refractivity contribution in [2.45, 2.75) is 102 Å². The first-order valence-corrected chi connectivity index (χ1v) is 15.1. The molecule has 10 heteroatoms. The predicted molar refractivity (Wildman–Crippen MR) is 155 cm³/mol. The van der Waals surface area contributed by atoms with Gasteiger partial charge in [0.2, 0.25) is 0 Å². The number of nitrogens with one attached hydrogen (secondary N) is 3. The van der Waals surface area contributed by atoms with Crippen molar-refractivity contribution in [1.29, 1.82) is 0 Å². The molecule has 2 fully saturated rings. The number of amides is 5. The van der Waals surface area contributed by atoms with E-state index in [1.165, 1.54) is 12.8 Å². The summed E-state index contributed by atoms with van der Waals surface area (Å²) < 4.78 is 6.41. The molecule has 3 aliphatic rings. The first kappa shape index (κ1) is 30.0. The fourth-order valence-electron chi connectivity index (χ4n) is 6.00. The highest BCUT2D eigenvalue weighted by Crippen LogP contribution is 2.31. The minimum Gasteiger partial charge on any atom is -0.487 e. The molecule has 2 saturated carbocycles. The molecule has 0 spiro atoms. The van der Waals surface area contributed by atoms with Crippen LogP contribution < -0.4 is 20.7 Å². The van der Waals surface area contributed by atoms with Crippen molar-refractivity contribution in [2.75, 3.05) is 32.1 Å². The van der Waals surface area contributed by atoms with Crippen LogP contribution in [0, 0.1) is 5.92 Å². The molecule has 0 radical (unpaired) electrons. The van der Waals surface area contributed by atoms with Crippen molar-refractivity contribution in [3.05, 3.63) is 23.8 Å². The largest absolute Gasteiger partial charge is 0.487 e. The zero-order valence-corrected chi connectivity index (χ0v) is 24.3. The number of aliphatic hydroxyl groups is 1. The van der Waals surface area contributed by atoms with Gasteiger partial charge in [0.05, 0.1) is 24.8 Å². The number of carbonyl (C=O) groups is 3. The van der Waals surface area contributed by atoms with Crippen LogP contribution in [0.5, 0.6) is 5.75 Å². The maximum absolute atomic E-state index is 13.7. The van der Waals surface area contributed by atoms with Crippen molar-refractivity contribution in [2.24, 2.45) is 5.92 Å². The monoisotopic (exact) mass is 557 g/mol. The molecule has 1 aromatic carbocycles. The minimum atomic E-state index is -0.403. The first-order chi connectivity index (χ1) is 19.2. The quantitative estimate of drug-likeness (QED) is 0.397. The summed E-state index contributed by atoms with van der Waals surface area (Å²) in [5.41, 5.74) is 0.816. The van der Waals surface area contributed by atoms with Crippen molar-refractivity contribution < 1.29 is 24.2 Å². The van der Waals surface area contributed by atoms with E-state index in [-0.39, 0.29) is 48.7 Å². The average molecular weight is 558 g/mol. The number of anilines is 1. The van der Waals surface area contributed by atoms with Crippen LogP contribution in [-0.4, -0.2) is 83.8 Å². The average Bonchev–Trinajstić information content (AvgIpc) is 2.95. The fourth-order valence-corrected chi connectivity index (χ4v) is 6.00. The Morgan fingerprint density at radius 3 is 2.30 bits per heavy atom. The molecule has 0 saturated heterocycles. The molecular weight excluding hydrogens is 510 g/mol. The number of aliphatic hydroxyl groups excluding tert-OH is 1. The summed E-state index contributed by atoms with van der Waals surface area (Å²) in [4.78, 5) is 42.6. The molecule has 1 heterocycles. The van der Waals surface area contributed by atoms with E-state index in [2.05, 4.69) is 16.0 Å². The highest BCUT2D eigenvalue weighted by molar-refractivity contribution is 5.99. The molecule has 40 heavy (non-hydrogen) atoms. The van der Waals surface area contributed by atoms with Crippen LogP contribution in [0.2, 0.25) is 0 Å². The van der Waals surface area contributed by atoms with E-state index in [9.17, 15) is 19.5 Å². The molecule has 1 aliphatic heterocycles. The second kappa shape index (κ2) is 14.1. The Morgan fingerprint density at radius 2 is 1.68 bits per heavy atom. The molecule has 0 unspecified atom stereocenters. The van der Waals surface area contributed by atoms with Gasteiger partial charge in [0.1, 0.15) is 11.9 Å². The normalized spacial score (nSPS) is 23.2. The first-order valence-electron chi connectivity index (χ1n) is 15.1. The lowest BCUT2D eigenvalue weighted by molar-refractivity contribution is 0.0366. The van der Waals surface area contributed by atoms with Crippen LogP contribution in [0.1, 0.15) is 88.4 Å². The lowest BCUT2D eigenvalue weighted by atomic mass is 9.96. The fraction of sp³-hybridized carbons (Fsp3) is 0.700. The molecule has 4 N–H and O–H groups in total. The SMILES string of the molecule is C[C@@H]1CN([C@@H](C)CO)C(=O)c2cc(NC(=O)NC3CCCCC3)ccc2O[C@H]1CN(C)C(=O)NC1CCCCC1. The molecule has 222 valence electrons. The van der Waals surface area contributed by atoms with Crippen LogP contribution in [-0.2, 0) is 0 Å². The standard InChI is InChI=1S/C30H47N5O5/c1-20-17-35(21(2)19-36)28(37)25-16-24(32-29(38)31-22-10-6-4-7-11-22)14-15-26(25)40-27(20)18-34(3)30(39)33-23-12-8-5-9-13-23/h14-16,20-23,27,36H,4-13,17-19H2,1-3H3,(H,33,39)(H2,31,32,38)/t20-,21+,27+/m1/s1. The number of benzene rings is 1. The van der Waals surface area contributed by atoms with E-state index in [1.54, 1.807) is 35.0 Å². The summed E-state index contributed by atoms with van der Waals surface area (Å²) >= 11 is 0. The summed E-state index contributed by atoms with van der Waals surface area (Å²) in [7, 11) is 1.77. The molecule has 1 aromatic rings. The number of nitrogens with zero attached hydrogens (tertiary/aromatic N) is 2. The number of urea groups is 2. The third kappa shape index (κ3) is 7.80. The molecule has 2 aliphatic carbocycles. The number of ether oxygens (including phenoxy) is 1. The van der Waals surface area contributed by atoms with Crippen LogP contribution in [0.25, 0.3) is 0 Å². The molecule has 10 nitrogen and oxygen atoms in total. The van der Waals surface area contributed by atoms with Crippen molar-refractivity contribution >= 4 is 23.7 Å².